The molecule has 0 radical (unpaired) electrons. The predicted molar refractivity (Wildman–Crippen MR) is 61.0 cm³/mol. The average Bonchev–Trinajstić information content (AvgIpc) is 2.17. The standard InChI is InChI=1S/C11H12FNOS/c1-9(14)15-7-3-2-4-10-5-6-13-11(12)8-10/h2,4-6,8H,3,7H2,1H3. The fraction of sp³-hybridized carbons (Fsp3) is 0.273. The second-order valence-electron chi connectivity index (χ2n) is 2.94. The van der Waals surface area contributed by atoms with E-state index in [0.29, 0.717) is 0 Å². The molecule has 1 rings (SSSR count). The first-order chi connectivity index (χ1) is 7.18. The summed E-state index contributed by atoms with van der Waals surface area (Å²) in [5.74, 6) is 0.287. The molecular weight excluding hydrogens is 213 g/mol. The van der Waals surface area contributed by atoms with Crippen LogP contribution in [0.3, 0.4) is 0 Å². The smallest absolute Gasteiger partial charge is 0.213 e. The zero-order valence-corrected chi connectivity index (χ0v) is 9.26. The van der Waals surface area contributed by atoms with Crippen molar-refractivity contribution in [2.75, 3.05) is 5.75 Å². The van der Waals surface area contributed by atoms with Crippen molar-refractivity contribution in [2.24, 2.45) is 0 Å². The van der Waals surface area contributed by atoms with E-state index in [0.717, 1.165) is 17.7 Å². The highest BCUT2D eigenvalue weighted by Gasteiger charge is 1.92. The van der Waals surface area contributed by atoms with Crippen molar-refractivity contribution in [2.45, 2.75) is 13.3 Å². The Morgan fingerprint density at radius 2 is 2.47 bits per heavy atom. The lowest BCUT2D eigenvalue weighted by atomic mass is 10.2. The molecule has 0 bridgehead atoms. The summed E-state index contributed by atoms with van der Waals surface area (Å²) in [5, 5.41) is 0.123. The summed E-state index contributed by atoms with van der Waals surface area (Å²) in [5.41, 5.74) is 0.787. The van der Waals surface area contributed by atoms with E-state index in [-0.39, 0.29) is 5.12 Å². The van der Waals surface area contributed by atoms with E-state index in [4.69, 9.17) is 0 Å². The monoisotopic (exact) mass is 225 g/mol. The number of pyridine rings is 1. The Morgan fingerprint density at radius 3 is 3.13 bits per heavy atom. The van der Waals surface area contributed by atoms with Gasteiger partial charge in [-0.05, 0) is 18.1 Å². The first-order valence-electron chi connectivity index (χ1n) is 4.60. The maximum atomic E-state index is 12.7. The van der Waals surface area contributed by atoms with Gasteiger partial charge in [0, 0.05) is 24.9 Å². The third-order valence-corrected chi connectivity index (χ3v) is 2.50. The molecule has 0 saturated carbocycles. The first-order valence-corrected chi connectivity index (χ1v) is 5.58. The normalized spacial score (nSPS) is 10.8. The molecule has 0 atom stereocenters. The Kier molecular flexibility index (Phi) is 5.04. The highest BCUT2D eigenvalue weighted by atomic mass is 32.2. The first kappa shape index (κ1) is 11.9. The van der Waals surface area contributed by atoms with Gasteiger partial charge in [-0.15, -0.1) is 0 Å². The van der Waals surface area contributed by atoms with Gasteiger partial charge in [-0.3, -0.25) is 4.79 Å². The zero-order valence-electron chi connectivity index (χ0n) is 8.44. The van der Waals surface area contributed by atoms with E-state index >= 15 is 0 Å². The van der Waals surface area contributed by atoms with Crippen molar-refractivity contribution in [3.8, 4) is 0 Å². The second-order valence-corrected chi connectivity index (χ2v) is 4.21. The predicted octanol–water partition coefficient (Wildman–Crippen LogP) is 2.90. The molecule has 1 aromatic heterocycles. The van der Waals surface area contributed by atoms with Crippen LogP contribution in [-0.2, 0) is 4.79 Å². The van der Waals surface area contributed by atoms with Crippen LogP contribution < -0.4 is 0 Å². The minimum absolute atomic E-state index is 0.123. The Bertz CT molecular complexity index is 365. The van der Waals surface area contributed by atoms with E-state index in [9.17, 15) is 9.18 Å². The molecule has 0 aliphatic rings. The van der Waals surface area contributed by atoms with Gasteiger partial charge < -0.3 is 0 Å². The van der Waals surface area contributed by atoms with Crippen LogP contribution in [0.25, 0.3) is 6.08 Å². The molecule has 0 unspecified atom stereocenters. The van der Waals surface area contributed by atoms with E-state index < -0.39 is 5.95 Å². The van der Waals surface area contributed by atoms with E-state index in [1.54, 1.807) is 13.0 Å². The van der Waals surface area contributed by atoms with Crippen molar-refractivity contribution in [3.63, 3.8) is 0 Å². The quantitative estimate of drug-likeness (QED) is 0.583. The Morgan fingerprint density at radius 1 is 1.67 bits per heavy atom. The average molecular weight is 225 g/mol. The highest BCUT2D eigenvalue weighted by Crippen LogP contribution is 2.07. The number of hydrogen-bond acceptors (Lipinski definition) is 3. The molecule has 0 amide bonds. The van der Waals surface area contributed by atoms with Crippen LogP contribution in [-0.4, -0.2) is 15.9 Å². The maximum absolute atomic E-state index is 12.7. The van der Waals surface area contributed by atoms with E-state index in [2.05, 4.69) is 4.98 Å². The Labute approximate surface area is 92.6 Å². The molecule has 0 saturated heterocycles. The van der Waals surface area contributed by atoms with Gasteiger partial charge in [-0.2, -0.15) is 4.39 Å². The fourth-order valence-corrected chi connectivity index (χ4v) is 1.55. The van der Waals surface area contributed by atoms with Crippen molar-refractivity contribution >= 4 is 23.0 Å². The summed E-state index contributed by atoms with van der Waals surface area (Å²) in [6.07, 6.45) is 5.98. The number of halogens is 1. The van der Waals surface area contributed by atoms with Crippen molar-refractivity contribution in [1.29, 1.82) is 0 Å². The van der Waals surface area contributed by atoms with Crippen LogP contribution in [0.2, 0.25) is 0 Å². The van der Waals surface area contributed by atoms with E-state index in [1.807, 2.05) is 12.2 Å². The minimum atomic E-state index is -0.477. The molecule has 80 valence electrons. The molecule has 0 aliphatic heterocycles. The van der Waals surface area contributed by atoms with Crippen LogP contribution in [0.5, 0.6) is 0 Å². The molecular formula is C11H12FNOS. The molecule has 15 heavy (non-hydrogen) atoms. The van der Waals surface area contributed by atoms with Gasteiger partial charge in [0.2, 0.25) is 5.95 Å². The molecule has 4 heteroatoms. The van der Waals surface area contributed by atoms with Crippen LogP contribution in [0.4, 0.5) is 4.39 Å². The number of hydrogen-bond donors (Lipinski definition) is 0. The van der Waals surface area contributed by atoms with Gasteiger partial charge >= 0.3 is 0 Å². The number of aromatic nitrogens is 1. The fourth-order valence-electron chi connectivity index (χ4n) is 1.01. The van der Waals surface area contributed by atoms with Crippen LogP contribution in [0.15, 0.2) is 24.4 Å². The molecule has 1 heterocycles. The van der Waals surface area contributed by atoms with Gasteiger partial charge in [0.05, 0.1) is 0 Å². The van der Waals surface area contributed by atoms with Crippen molar-refractivity contribution < 1.29 is 9.18 Å². The summed E-state index contributed by atoms with van der Waals surface area (Å²) in [7, 11) is 0. The summed E-state index contributed by atoms with van der Waals surface area (Å²) in [6.45, 7) is 1.55. The lowest BCUT2D eigenvalue weighted by Crippen LogP contribution is -1.84. The maximum Gasteiger partial charge on any atom is 0.213 e. The zero-order chi connectivity index (χ0) is 11.1. The molecule has 0 spiro atoms. The van der Waals surface area contributed by atoms with Crippen LogP contribution >= 0.6 is 11.8 Å². The summed E-state index contributed by atoms with van der Waals surface area (Å²) >= 11 is 1.29. The largest absolute Gasteiger partial charge is 0.288 e. The molecule has 0 fully saturated rings. The third-order valence-electron chi connectivity index (χ3n) is 1.65. The number of allylic oxidation sites excluding steroid dienone is 1. The third kappa shape index (κ3) is 5.32. The number of carbonyl (C=O) groups excluding carboxylic acids is 1. The summed E-state index contributed by atoms with van der Waals surface area (Å²) < 4.78 is 12.7. The highest BCUT2D eigenvalue weighted by molar-refractivity contribution is 8.13. The van der Waals surface area contributed by atoms with Gasteiger partial charge in [-0.25, -0.2) is 4.98 Å². The molecule has 0 aromatic carbocycles. The van der Waals surface area contributed by atoms with Gasteiger partial charge in [0.15, 0.2) is 5.12 Å². The minimum Gasteiger partial charge on any atom is -0.288 e. The van der Waals surface area contributed by atoms with Crippen LogP contribution in [0, 0.1) is 5.95 Å². The van der Waals surface area contributed by atoms with Crippen molar-refractivity contribution in [3.05, 3.63) is 35.9 Å². The number of nitrogens with zero attached hydrogens (tertiary/aromatic N) is 1. The lowest BCUT2D eigenvalue weighted by Gasteiger charge is -1.93. The SMILES string of the molecule is CC(=O)SCCC=Cc1ccnc(F)c1. The summed E-state index contributed by atoms with van der Waals surface area (Å²) in [4.78, 5) is 14.1. The number of carbonyl (C=O) groups is 1. The number of thioether (sulfide) groups is 1. The van der Waals surface area contributed by atoms with Gasteiger partial charge in [0.1, 0.15) is 0 Å². The Balaban J connectivity index is 2.35. The van der Waals surface area contributed by atoms with Crippen LogP contribution in [0.1, 0.15) is 18.9 Å². The second kappa shape index (κ2) is 6.35. The lowest BCUT2D eigenvalue weighted by molar-refractivity contribution is -0.109. The Hall–Kier alpha value is -1.16. The molecule has 0 aliphatic carbocycles. The number of rotatable bonds is 4. The molecule has 2 nitrogen and oxygen atoms in total. The van der Waals surface area contributed by atoms with Gasteiger partial charge in [0.25, 0.3) is 0 Å². The molecule has 0 N–H and O–H groups in total. The van der Waals surface area contributed by atoms with Crippen molar-refractivity contribution in [1.82, 2.24) is 4.98 Å². The van der Waals surface area contributed by atoms with Gasteiger partial charge in [-0.1, -0.05) is 23.9 Å². The molecule has 1 aromatic rings. The van der Waals surface area contributed by atoms with E-state index in [1.165, 1.54) is 24.0 Å². The topological polar surface area (TPSA) is 30.0 Å². The summed E-state index contributed by atoms with van der Waals surface area (Å²) in [6, 6.07) is 3.10.